The van der Waals surface area contributed by atoms with E-state index in [1.807, 2.05) is 6.07 Å². The fourth-order valence-electron chi connectivity index (χ4n) is 4.62. The molecule has 0 N–H and O–H groups in total. The van der Waals surface area contributed by atoms with Gasteiger partial charge in [0.25, 0.3) is 0 Å². The lowest BCUT2D eigenvalue weighted by molar-refractivity contribution is 0.108. The normalized spacial score (nSPS) is 18.7. The predicted octanol–water partition coefficient (Wildman–Crippen LogP) is 4.72. The topological polar surface area (TPSA) is 29.5 Å². The number of nitrogens with zero attached hydrogens (tertiary/aromatic N) is 1. The molecule has 3 nitrogen and oxygen atoms in total. The third-order valence-electron chi connectivity index (χ3n) is 6.12. The number of methoxy groups -OCH3 is 1. The first-order valence-electron chi connectivity index (χ1n) is 10.3. The van der Waals surface area contributed by atoms with Crippen molar-refractivity contribution in [2.75, 3.05) is 33.0 Å². The highest BCUT2D eigenvalue weighted by Gasteiger charge is 2.24. The summed E-state index contributed by atoms with van der Waals surface area (Å²) in [6.07, 6.45) is 5.66. The Labute approximate surface area is 172 Å². The molecule has 2 aromatic carbocycles. The molecule has 4 heteroatoms. The van der Waals surface area contributed by atoms with Crippen molar-refractivity contribution in [3.05, 3.63) is 64.2 Å². The minimum Gasteiger partial charge on any atom is -0.496 e. The number of aryl methyl sites for hydroxylation is 1. The monoisotopic (exact) mass is 395 g/mol. The molecule has 148 valence electrons. The zero-order valence-electron chi connectivity index (χ0n) is 16.9. The maximum absolute atomic E-state index is 12.0. The number of fused-ring (bicyclic) bond motifs is 2. The molecule has 1 unspecified atom stereocenters. The van der Waals surface area contributed by atoms with E-state index >= 15 is 0 Å². The second-order valence-electron chi connectivity index (χ2n) is 8.01. The molecule has 0 amide bonds. The number of likely N-dealkylation sites (N-methyl/N-ethyl adjacent to an activating group) is 1. The molecule has 1 atom stereocenters. The highest BCUT2D eigenvalue weighted by molar-refractivity contribution is 8.14. The average molecular weight is 396 g/mol. The Hall–Kier alpha value is -1.78. The van der Waals surface area contributed by atoms with E-state index in [9.17, 15) is 4.79 Å². The van der Waals surface area contributed by atoms with Crippen molar-refractivity contribution in [1.29, 1.82) is 0 Å². The van der Waals surface area contributed by atoms with Crippen LogP contribution in [0.1, 0.15) is 51.4 Å². The van der Waals surface area contributed by atoms with E-state index in [0.29, 0.717) is 5.92 Å². The maximum Gasteiger partial charge on any atom is 0.219 e. The lowest BCUT2D eigenvalue weighted by Gasteiger charge is -2.30. The molecule has 0 saturated carbocycles. The number of ether oxygens (including phenoxy) is 1. The average Bonchev–Trinajstić information content (AvgIpc) is 2.72. The van der Waals surface area contributed by atoms with Crippen molar-refractivity contribution in [2.24, 2.45) is 0 Å². The molecule has 1 aliphatic carbocycles. The largest absolute Gasteiger partial charge is 0.496 e. The second-order valence-corrected chi connectivity index (χ2v) is 9.07. The van der Waals surface area contributed by atoms with Crippen molar-refractivity contribution < 1.29 is 9.53 Å². The minimum atomic E-state index is 0.233. The van der Waals surface area contributed by atoms with Crippen LogP contribution in [-0.4, -0.2) is 43.0 Å². The Morgan fingerprint density at radius 1 is 1.21 bits per heavy atom. The van der Waals surface area contributed by atoms with Gasteiger partial charge in [0.15, 0.2) is 0 Å². The summed E-state index contributed by atoms with van der Waals surface area (Å²) in [5.41, 5.74) is 6.38. The standard InChI is InChI=1S/C24H29NO2S/c1-25(13-11-17-9-10-21-18(15-17)12-14-28-24(21)26)16-19-5-3-7-22-20(19)6-4-8-23(22)27-2/h4,6,8-10,15,19H,3,5,7,11-14,16H2,1-2H3. The summed E-state index contributed by atoms with van der Waals surface area (Å²) < 4.78 is 5.59. The Balaban J connectivity index is 1.38. The van der Waals surface area contributed by atoms with Crippen LogP contribution in [0, 0.1) is 0 Å². The molecular formula is C24H29NO2S. The molecule has 2 aliphatic rings. The van der Waals surface area contributed by atoms with Gasteiger partial charge in [0.2, 0.25) is 5.12 Å². The van der Waals surface area contributed by atoms with E-state index in [1.54, 1.807) is 7.11 Å². The molecule has 2 aromatic rings. The van der Waals surface area contributed by atoms with Crippen LogP contribution in [0.25, 0.3) is 0 Å². The first-order chi connectivity index (χ1) is 13.7. The van der Waals surface area contributed by atoms with E-state index in [-0.39, 0.29) is 5.12 Å². The number of hydrogen-bond donors (Lipinski definition) is 0. The van der Waals surface area contributed by atoms with Gasteiger partial charge in [-0.1, -0.05) is 36.0 Å². The van der Waals surface area contributed by atoms with E-state index in [1.165, 1.54) is 46.9 Å². The van der Waals surface area contributed by atoms with Crippen LogP contribution >= 0.6 is 11.8 Å². The number of carbonyl (C=O) groups excluding carboxylic acids is 1. The van der Waals surface area contributed by atoms with Gasteiger partial charge in [0, 0.05) is 24.4 Å². The van der Waals surface area contributed by atoms with Gasteiger partial charge in [-0.05, 0) is 79.5 Å². The van der Waals surface area contributed by atoms with Crippen LogP contribution in [0.3, 0.4) is 0 Å². The highest BCUT2D eigenvalue weighted by atomic mass is 32.2. The van der Waals surface area contributed by atoms with Crippen LogP contribution in [0.5, 0.6) is 5.75 Å². The molecular weight excluding hydrogens is 366 g/mol. The summed E-state index contributed by atoms with van der Waals surface area (Å²) in [6, 6.07) is 12.9. The van der Waals surface area contributed by atoms with Crippen LogP contribution in [0.15, 0.2) is 36.4 Å². The number of benzene rings is 2. The Morgan fingerprint density at radius 3 is 2.96 bits per heavy atom. The van der Waals surface area contributed by atoms with E-state index in [2.05, 4.69) is 42.3 Å². The summed E-state index contributed by atoms with van der Waals surface area (Å²) in [5.74, 6) is 2.55. The Kier molecular flexibility index (Phi) is 6.07. The summed E-state index contributed by atoms with van der Waals surface area (Å²) in [6.45, 7) is 2.12. The quantitative estimate of drug-likeness (QED) is 0.708. The van der Waals surface area contributed by atoms with Gasteiger partial charge in [-0.2, -0.15) is 0 Å². The smallest absolute Gasteiger partial charge is 0.219 e. The van der Waals surface area contributed by atoms with E-state index in [4.69, 9.17) is 4.74 Å². The Bertz CT molecular complexity index is 864. The molecule has 4 rings (SSSR count). The maximum atomic E-state index is 12.0. The van der Waals surface area contributed by atoms with E-state index < -0.39 is 0 Å². The minimum absolute atomic E-state index is 0.233. The van der Waals surface area contributed by atoms with Crippen LogP contribution in [-0.2, 0) is 19.3 Å². The molecule has 0 radical (unpaired) electrons. The Morgan fingerprint density at radius 2 is 2.11 bits per heavy atom. The van der Waals surface area contributed by atoms with Crippen LogP contribution in [0.4, 0.5) is 0 Å². The van der Waals surface area contributed by atoms with E-state index in [0.717, 1.165) is 49.4 Å². The number of hydrogen-bond acceptors (Lipinski definition) is 4. The third-order valence-corrected chi connectivity index (χ3v) is 7.01. The molecule has 1 heterocycles. The zero-order chi connectivity index (χ0) is 19.5. The summed E-state index contributed by atoms with van der Waals surface area (Å²) >= 11 is 1.45. The SMILES string of the molecule is COc1cccc2c1CCCC2CN(C)CCc1ccc2c(c1)CCSC2=O. The predicted molar refractivity (Wildman–Crippen MR) is 117 cm³/mol. The van der Waals surface area contributed by atoms with Crippen molar-refractivity contribution >= 4 is 16.9 Å². The van der Waals surface area contributed by atoms with Gasteiger partial charge >= 0.3 is 0 Å². The first-order valence-corrected chi connectivity index (χ1v) is 11.3. The fourth-order valence-corrected chi connectivity index (χ4v) is 5.48. The molecule has 0 bridgehead atoms. The lowest BCUT2D eigenvalue weighted by Crippen LogP contribution is -2.28. The van der Waals surface area contributed by atoms with Gasteiger partial charge < -0.3 is 9.64 Å². The lowest BCUT2D eigenvalue weighted by atomic mass is 9.82. The zero-order valence-corrected chi connectivity index (χ0v) is 17.7. The number of thioether (sulfide) groups is 1. The van der Waals surface area contributed by atoms with Crippen molar-refractivity contribution in [1.82, 2.24) is 4.90 Å². The van der Waals surface area contributed by atoms with Crippen molar-refractivity contribution in [3.8, 4) is 5.75 Å². The summed E-state index contributed by atoms with van der Waals surface area (Å²) in [4.78, 5) is 14.4. The number of rotatable bonds is 6. The molecule has 1 aliphatic heterocycles. The van der Waals surface area contributed by atoms with Crippen LogP contribution < -0.4 is 4.74 Å². The van der Waals surface area contributed by atoms with Crippen molar-refractivity contribution in [2.45, 2.75) is 38.0 Å². The molecule has 0 aromatic heterocycles. The van der Waals surface area contributed by atoms with Gasteiger partial charge in [-0.15, -0.1) is 0 Å². The third kappa shape index (κ3) is 4.13. The fraction of sp³-hybridized carbons (Fsp3) is 0.458. The second kappa shape index (κ2) is 8.71. The van der Waals surface area contributed by atoms with Gasteiger partial charge in [0.1, 0.15) is 5.75 Å². The summed E-state index contributed by atoms with van der Waals surface area (Å²) in [7, 11) is 4.00. The molecule has 28 heavy (non-hydrogen) atoms. The van der Waals surface area contributed by atoms with Gasteiger partial charge in [-0.25, -0.2) is 0 Å². The highest BCUT2D eigenvalue weighted by Crippen LogP contribution is 2.37. The van der Waals surface area contributed by atoms with Gasteiger partial charge in [-0.3, -0.25) is 4.79 Å². The van der Waals surface area contributed by atoms with Crippen LogP contribution in [0.2, 0.25) is 0 Å². The first kappa shape index (κ1) is 19.5. The molecule has 0 fully saturated rings. The molecule has 0 saturated heterocycles. The molecule has 0 spiro atoms. The number of carbonyl (C=O) groups is 1. The van der Waals surface area contributed by atoms with Crippen molar-refractivity contribution in [3.63, 3.8) is 0 Å². The van der Waals surface area contributed by atoms with Gasteiger partial charge in [0.05, 0.1) is 7.11 Å². The summed E-state index contributed by atoms with van der Waals surface area (Å²) in [5, 5.41) is 0.233.